The van der Waals surface area contributed by atoms with E-state index in [1.807, 2.05) is 6.08 Å². The first-order valence-electron chi connectivity index (χ1n) is 14.4. The topological polar surface area (TPSA) is 77.8 Å². The van der Waals surface area contributed by atoms with Crippen LogP contribution in [0.2, 0.25) is 0 Å². The maximum atomic E-state index is 9.48. The number of nitriles is 1. The second kappa shape index (κ2) is 12.1. The standard InChI is InChI=1S/C35H37N5.Ni/c1-9-23-20(6)29-17-33-25(11-3)22(8)34(40-33)27(14-13-15-36)35-26(12-4)21(7)30(39-35)18-32-24(10-2)19(5)28(37-32)16-31(23)38-29;/h13-14,16-18H,9-12H2,1-8H3;/q-2;+2/b14-13+,28-16?,29-17?,30-18?,31-16?,32-18?,33-17?,34-27?,35-27?;. The number of hydrogen-bond donors (Lipinski definition) is 0. The summed E-state index contributed by atoms with van der Waals surface area (Å²) in [4.78, 5) is 20.6. The SMILES string of the molecule is CCC1=C(C)c2cc3[n-]c(cc4nc(c(/C=C/C#N)c5[n-]c(cc1n2)c(C)c5CC)C(C)=C4CC)c(C)c3CC.[Ni+2]. The Kier molecular flexibility index (Phi) is 8.90. The van der Waals surface area contributed by atoms with Crippen LogP contribution in [0.25, 0.3) is 50.4 Å². The molecule has 41 heavy (non-hydrogen) atoms. The Labute approximate surface area is 253 Å². The summed E-state index contributed by atoms with van der Waals surface area (Å²) in [6, 6.07) is 8.61. The molecule has 5 nitrogen and oxygen atoms in total. The normalized spacial score (nSPS) is 13.2. The average molecular weight is 586 g/mol. The molecular formula is C35H37N5Ni. The predicted octanol–water partition coefficient (Wildman–Crippen LogP) is 8.53. The number of aryl methyl sites for hydroxylation is 4. The number of hydrogen-bond acceptors (Lipinski definition) is 3. The number of allylic oxidation sites excluding steroid dienone is 5. The van der Waals surface area contributed by atoms with Crippen molar-refractivity contribution in [2.45, 2.75) is 81.1 Å². The molecule has 0 spiro atoms. The summed E-state index contributed by atoms with van der Waals surface area (Å²) < 4.78 is 0. The Morgan fingerprint density at radius 2 is 1.27 bits per heavy atom. The molecule has 0 radical (unpaired) electrons. The van der Waals surface area contributed by atoms with Crippen molar-refractivity contribution < 1.29 is 16.5 Å². The summed E-state index contributed by atoms with van der Waals surface area (Å²) >= 11 is 0. The van der Waals surface area contributed by atoms with E-state index in [-0.39, 0.29) is 16.5 Å². The minimum Gasteiger partial charge on any atom is -0.657 e. The van der Waals surface area contributed by atoms with Gasteiger partial charge in [-0.1, -0.05) is 68.1 Å². The molecule has 2 aliphatic heterocycles. The number of nitrogens with zero attached hydrogens (tertiary/aromatic N) is 5. The zero-order valence-electron chi connectivity index (χ0n) is 25.3. The van der Waals surface area contributed by atoms with Crippen molar-refractivity contribution in [3.05, 3.63) is 74.9 Å². The van der Waals surface area contributed by atoms with Gasteiger partial charge in [0, 0.05) is 6.08 Å². The van der Waals surface area contributed by atoms with Crippen LogP contribution in [0.5, 0.6) is 0 Å². The smallest absolute Gasteiger partial charge is 0.657 e. The molecule has 212 valence electrons. The fraction of sp³-hybridized carbons (Fsp3) is 0.343. The third kappa shape index (κ3) is 5.02. The van der Waals surface area contributed by atoms with Crippen molar-refractivity contribution in [3.8, 4) is 6.07 Å². The third-order valence-electron chi connectivity index (χ3n) is 8.55. The molecule has 5 heterocycles. The summed E-state index contributed by atoms with van der Waals surface area (Å²) in [6.45, 7) is 17.3. The van der Waals surface area contributed by atoms with E-state index in [0.717, 1.165) is 87.2 Å². The van der Waals surface area contributed by atoms with Crippen molar-refractivity contribution in [3.63, 3.8) is 0 Å². The van der Waals surface area contributed by atoms with Crippen LogP contribution in [0.1, 0.15) is 105 Å². The van der Waals surface area contributed by atoms with Gasteiger partial charge in [0.25, 0.3) is 0 Å². The van der Waals surface area contributed by atoms with Crippen LogP contribution in [0.4, 0.5) is 0 Å². The molecule has 6 heteroatoms. The average Bonchev–Trinajstić information content (AvgIpc) is 3.61. The summed E-state index contributed by atoms with van der Waals surface area (Å²) in [5.74, 6) is 0. The minimum atomic E-state index is 0. The van der Waals surface area contributed by atoms with Gasteiger partial charge in [-0.05, 0) is 87.3 Å². The second-order valence-electron chi connectivity index (χ2n) is 10.6. The predicted molar refractivity (Wildman–Crippen MR) is 167 cm³/mol. The fourth-order valence-corrected chi connectivity index (χ4v) is 6.28. The van der Waals surface area contributed by atoms with Gasteiger partial charge < -0.3 is 9.97 Å². The number of rotatable bonds is 5. The summed E-state index contributed by atoms with van der Waals surface area (Å²) in [7, 11) is 0. The first-order chi connectivity index (χ1) is 19.3. The summed E-state index contributed by atoms with van der Waals surface area (Å²) in [5.41, 5.74) is 17.9. The van der Waals surface area contributed by atoms with E-state index in [4.69, 9.17) is 19.9 Å². The largest absolute Gasteiger partial charge is 2.00 e. The van der Waals surface area contributed by atoms with E-state index in [2.05, 4.69) is 79.7 Å². The summed E-state index contributed by atoms with van der Waals surface area (Å²) in [6.07, 6.45) is 6.88. The van der Waals surface area contributed by atoms with Crippen molar-refractivity contribution in [2.24, 2.45) is 0 Å². The monoisotopic (exact) mass is 585 g/mol. The van der Waals surface area contributed by atoms with Gasteiger partial charge in [0.05, 0.1) is 28.8 Å². The Balaban J connectivity index is 0.00000387. The van der Waals surface area contributed by atoms with E-state index in [0.29, 0.717) is 0 Å². The van der Waals surface area contributed by atoms with Crippen LogP contribution in [0.3, 0.4) is 0 Å². The van der Waals surface area contributed by atoms with Gasteiger partial charge in [-0.15, -0.1) is 22.1 Å². The van der Waals surface area contributed by atoms with Gasteiger partial charge in [0.15, 0.2) is 0 Å². The third-order valence-corrected chi connectivity index (χ3v) is 8.55. The Morgan fingerprint density at radius 3 is 1.88 bits per heavy atom. The van der Waals surface area contributed by atoms with Crippen LogP contribution in [-0.4, -0.2) is 9.97 Å². The van der Waals surface area contributed by atoms with Gasteiger partial charge in [-0.2, -0.15) is 5.26 Å². The molecular weight excluding hydrogens is 549 g/mol. The molecule has 0 aliphatic carbocycles. The van der Waals surface area contributed by atoms with Crippen LogP contribution in [0.15, 0.2) is 24.3 Å². The van der Waals surface area contributed by atoms with Gasteiger partial charge in [-0.3, -0.25) is 0 Å². The van der Waals surface area contributed by atoms with E-state index in [1.54, 1.807) is 0 Å². The van der Waals surface area contributed by atoms with Gasteiger partial charge in [0.1, 0.15) is 0 Å². The van der Waals surface area contributed by atoms with Gasteiger partial charge in [-0.25, -0.2) is 9.97 Å². The number of fused-ring (bicyclic) bond motifs is 8. The molecule has 0 amide bonds. The molecule has 0 fully saturated rings. The van der Waals surface area contributed by atoms with Crippen molar-refractivity contribution >= 4 is 50.4 Å². The fourth-order valence-electron chi connectivity index (χ4n) is 6.28. The first-order valence-corrected chi connectivity index (χ1v) is 14.4. The van der Waals surface area contributed by atoms with Crippen molar-refractivity contribution in [1.82, 2.24) is 19.9 Å². The molecule has 0 atom stereocenters. The minimum absolute atomic E-state index is 0. The molecule has 8 bridgehead atoms. The van der Waals surface area contributed by atoms with Gasteiger partial charge in [0.2, 0.25) is 0 Å². The molecule has 3 aromatic rings. The van der Waals surface area contributed by atoms with Crippen molar-refractivity contribution in [2.75, 3.05) is 0 Å². The summed E-state index contributed by atoms with van der Waals surface area (Å²) in [5, 5.41) is 9.48. The quantitative estimate of drug-likeness (QED) is 0.221. The van der Waals surface area contributed by atoms with E-state index >= 15 is 0 Å². The zero-order valence-corrected chi connectivity index (χ0v) is 26.3. The zero-order chi connectivity index (χ0) is 28.7. The van der Waals surface area contributed by atoms with Crippen LogP contribution in [0, 0.1) is 25.2 Å². The molecule has 5 rings (SSSR count). The van der Waals surface area contributed by atoms with E-state index < -0.39 is 0 Å². The molecule has 0 aromatic carbocycles. The molecule has 2 aliphatic rings. The Hall–Kier alpha value is -3.68. The Bertz CT molecular complexity index is 1840. The molecule has 0 saturated carbocycles. The molecule has 3 aromatic heterocycles. The molecule has 0 unspecified atom stereocenters. The maximum absolute atomic E-state index is 9.48. The van der Waals surface area contributed by atoms with E-state index in [9.17, 15) is 5.26 Å². The molecule has 0 saturated heterocycles. The number of aromatic nitrogens is 4. The van der Waals surface area contributed by atoms with Crippen molar-refractivity contribution in [1.29, 1.82) is 5.26 Å². The van der Waals surface area contributed by atoms with Crippen LogP contribution >= 0.6 is 0 Å². The molecule has 0 N–H and O–H groups in total. The van der Waals surface area contributed by atoms with E-state index in [1.165, 1.54) is 39.5 Å². The Morgan fingerprint density at radius 1 is 0.707 bits per heavy atom. The van der Waals surface area contributed by atoms with Gasteiger partial charge >= 0.3 is 16.5 Å². The maximum Gasteiger partial charge on any atom is 2.00 e. The first kappa shape index (κ1) is 30.3. The van der Waals surface area contributed by atoms with Crippen LogP contribution in [-0.2, 0) is 29.3 Å². The van der Waals surface area contributed by atoms with Crippen LogP contribution < -0.4 is 9.97 Å². The second-order valence-corrected chi connectivity index (χ2v) is 10.6.